The van der Waals surface area contributed by atoms with E-state index in [9.17, 15) is 4.79 Å². The number of amides is 1. The van der Waals surface area contributed by atoms with Gasteiger partial charge in [-0.1, -0.05) is 53.8 Å². The molecule has 24 heavy (non-hydrogen) atoms. The maximum absolute atomic E-state index is 12.9. The molecule has 0 saturated carbocycles. The monoisotopic (exact) mass is 339 g/mol. The van der Waals surface area contributed by atoms with E-state index in [-0.39, 0.29) is 5.91 Å². The van der Waals surface area contributed by atoms with Gasteiger partial charge in [-0.15, -0.1) is 0 Å². The van der Waals surface area contributed by atoms with Crippen LogP contribution in [0.1, 0.15) is 5.56 Å². The lowest BCUT2D eigenvalue weighted by Gasteiger charge is -2.22. The zero-order valence-corrected chi connectivity index (χ0v) is 14.8. The Morgan fingerprint density at radius 1 is 1.00 bits per heavy atom. The highest BCUT2D eigenvalue weighted by Gasteiger charge is 2.20. The Labute approximate surface area is 146 Å². The van der Waals surface area contributed by atoms with Crippen LogP contribution in [0, 0.1) is 0 Å². The zero-order chi connectivity index (χ0) is 16.9. The van der Waals surface area contributed by atoms with Crippen LogP contribution < -0.4 is 4.90 Å². The van der Waals surface area contributed by atoms with Crippen LogP contribution in [0.25, 0.3) is 10.2 Å². The highest BCUT2D eigenvalue weighted by atomic mass is 32.1. The van der Waals surface area contributed by atoms with Gasteiger partial charge in [0.05, 0.1) is 16.6 Å². The van der Waals surface area contributed by atoms with E-state index in [1.165, 1.54) is 0 Å². The van der Waals surface area contributed by atoms with Crippen molar-refractivity contribution in [2.75, 3.05) is 32.1 Å². The molecular formula is C19H21N3OS. The quantitative estimate of drug-likeness (QED) is 0.690. The molecule has 2 aromatic carbocycles. The summed E-state index contributed by atoms with van der Waals surface area (Å²) in [5.41, 5.74) is 1.97. The summed E-state index contributed by atoms with van der Waals surface area (Å²) < 4.78 is 1.11. The van der Waals surface area contributed by atoms with Crippen LogP contribution in [0.2, 0.25) is 0 Å². The van der Waals surface area contributed by atoms with Gasteiger partial charge < -0.3 is 4.90 Å². The molecule has 124 valence electrons. The number of para-hydroxylation sites is 1. The van der Waals surface area contributed by atoms with Crippen LogP contribution in [0.3, 0.4) is 0 Å². The Balaban J connectivity index is 1.86. The second-order valence-corrected chi connectivity index (χ2v) is 6.98. The summed E-state index contributed by atoms with van der Waals surface area (Å²) in [5, 5.41) is 0.777. The fraction of sp³-hybridized carbons (Fsp3) is 0.263. The number of anilines is 1. The molecule has 5 heteroatoms. The third-order valence-corrected chi connectivity index (χ3v) is 4.84. The van der Waals surface area contributed by atoms with Crippen molar-refractivity contribution >= 4 is 32.6 Å². The average Bonchev–Trinajstić information content (AvgIpc) is 2.99. The predicted molar refractivity (Wildman–Crippen MR) is 101 cm³/mol. The molecule has 0 aliphatic heterocycles. The number of hydrogen-bond donors (Lipinski definition) is 0. The maximum atomic E-state index is 12.9. The van der Waals surface area contributed by atoms with Crippen LogP contribution in [-0.2, 0) is 11.2 Å². The number of thiazole rings is 1. The first-order valence-electron chi connectivity index (χ1n) is 7.98. The number of likely N-dealkylation sites (N-methyl/N-ethyl adjacent to an activating group) is 1. The Hall–Kier alpha value is -2.24. The molecule has 3 rings (SSSR count). The standard InChI is InChI=1S/C19H21N3OS/c1-21(2)12-13-22(18(23)14-15-8-4-3-5-9-15)19-20-16-10-6-7-11-17(16)24-19/h3-11H,12-14H2,1-2H3. The second-order valence-electron chi connectivity index (χ2n) is 5.98. The van der Waals surface area contributed by atoms with E-state index in [2.05, 4.69) is 9.88 Å². The normalized spacial score (nSPS) is 11.1. The van der Waals surface area contributed by atoms with Gasteiger partial charge in [0.2, 0.25) is 5.91 Å². The van der Waals surface area contributed by atoms with E-state index in [0.29, 0.717) is 13.0 Å². The van der Waals surface area contributed by atoms with Crippen molar-refractivity contribution in [3.8, 4) is 0 Å². The van der Waals surface area contributed by atoms with E-state index in [1.807, 2.05) is 73.6 Å². The van der Waals surface area contributed by atoms with Gasteiger partial charge in [0.1, 0.15) is 0 Å². The van der Waals surface area contributed by atoms with Gasteiger partial charge in [-0.05, 0) is 31.8 Å². The lowest BCUT2D eigenvalue weighted by atomic mass is 10.1. The third-order valence-electron chi connectivity index (χ3n) is 3.78. The molecule has 0 unspecified atom stereocenters. The van der Waals surface area contributed by atoms with Crippen LogP contribution in [0.4, 0.5) is 5.13 Å². The molecule has 0 saturated heterocycles. The van der Waals surface area contributed by atoms with Crippen molar-refractivity contribution in [2.45, 2.75) is 6.42 Å². The highest BCUT2D eigenvalue weighted by molar-refractivity contribution is 7.22. The highest BCUT2D eigenvalue weighted by Crippen LogP contribution is 2.29. The van der Waals surface area contributed by atoms with Gasteiger partial charge >= 0.3 is 0 Å². The number of hydrogen-bond acceptors (Lipinski definition) is 4. The minimum atomic E-state index is 0.0853. The fourth-order valence-electron chi connectivity index (χ4n) is 2.47. The van der Waals surface area contributed by atoms with Crippen molar-refractivity contribution in [1.29, 1.82) is 0 Å². The van der Waals surface area contributed by atoms with E-state index in [0.717, 1.165) is 27.5 Å². The minimum Gasteiger partial charge on any atom is -0.308 e. The van der Waals surface area contributed by atoms with E-state index in [1.54, 1.807) is 11.3 Å². The largest absolute Gasteiger partial charge is 0.308 e. The van der Waals surface area contributed by atoms with Gasteiger partial charge in [-0.2, -0.15) is 0 Å². The zero-order valence-electron chi connectivity index (χ0n) is 14.0. The maximum Gasteiger partial charge on any atom is 0.233 e. The molecule has 0 aliphatic rings. The number of benzene rings is 2. The van der Waals surface area contributed by atoms with Gasteiger partial charge in [0, 0.05) is 13.1 Å². The number of fused-ring (bicyclic) bond motifs is 1. The summed E-state index contributed by atoms with van der Waals surface area (Å²) in [7, 11) is 4.02. The van der Waals surface area contributed by atoms with E-state index in [4.69, 9.17) is 0 Å². The number of rotatable bonds is 6. The van der Waals surface area contributed by atoms with Crippen molar-refractivity contribution < 1.29 is 4.79 Å². The van der Waals surface area contributed by atoms with Crippen molar-refractivity contribution in [3.63, 3.8) is 0 Å². The van der Waals surface area contributed by atoms with Gasteiger partial charge in [0.15, 0.2) is 5.13 Å². The number of nitrogens with zero attached hydrogens (tertiary/aromatic N) is 3. The van der Waals surface area contributed by atoms with Crippen LogP contribution in [-0.4, -0.2) is 43.0 Å². The topological polar surface area (TPSA) is 36.4 Å². The SMILES string of the molecule is CN(C)CCN(C(=O)Cc1ccccc1)c1nc2ccccc2s1. The molecule has 4 nitrogen and oxygen atoms in total. The Morgan fingerprint density at radius 2 is 1.71 bits per heavy atom. The Morgan fingerprint density at radius 3 is 2.42 bits per heavy atom. The molecule has 0 N–H and O–H groups in total. The molecule has 0 bridgehead atoms. The number of carbonyl (C=O) groups excluding carboxylic acids is 1. The van der Waals surface area contributed by atoms with Gasteiger partial charge in [0.25, 0.3) is 0 Å². The minimum absolute atomic E-state index is 0.0853. The number of carbonyl (C=O) groups is 1. The average molecular weight is 339 g/mol. The smallest absolute Gasteiger partial charge is 0.233 e. The molecule has 0 atom stereocenters. The van der Waals surface area contributed by atoms with E-state index >= 15 is 0 Å². The summed E-state index contributed by atoms with van der Waals surface area (Å²) in [6.45, 7) is 1.44. The molecule has 0 aliphatic carbocycles. The van der Waals surface area contributed by atoms with Crippen molar-refractivity contribution in [3.05, 3.63) is 60.2 Å². The van der Waals surface area contributed by atoms with Crippen LogP contribution in [0.15, 0.2) is 54.6 Å². The van der Waals surface area contributed by atoms with Crippen molar-refractivity contribution in [1.82, 2.24) is 9.88 Å². The molecule has 1 heterocycles. The molecule has 0 radical (unpaired) electrons. The lowest BCUT2D eigenvalue weighted by molar-refractivity contribution is -0.118. The molecular weight excluding hydrogens is 318 g/mol. The third kappa shape index (κ3) is 3.99. The Kier molecular flexibility index (Phi) is 5.23. The summed E-state index contributed by atoms with van der Waals surface area (Å²) >= 11 is 1.57. The summed E-state index contributed by atoms with van der Waals surface area (Å²) in [5.74, 6) is 0.0853. The predicted octanol–water partition coefficient (Wildman–Crippen LogP) is 3.43. The van der Waals surface area contributed by atoms with Crippen LogP contribution >= 0.6 is 11.3 Å². The second kappa shape index (κ2) is 7.55. The van der Waals surface area contributed by atoms with Crippen molar-refractivity contribution in [2.24, 2.45) is 0 Å². The summed E-state index contributed by atoms with van der Waals surface area (Å²) in [4.78, 5) is 21.4. The Bertz CT molecular complexity index is 781. The lowest BCUT2D eigenvalue weighted by Crippen LogP contribution is -2.37. The number of aromatic nitrogens is 1. The van der Waals surface area contributed by atoms with Crippen LogP contribution in [0.5, 0.6) is 0 Å². The molecule has 0 spiro atoms. The van der Waals surface area contributed by atoms with E-state index < -0.39 is 0 Å². The first kappa shape index (κ1) is 16.6. The summed E-state index contributed by atoms with van der Waals surface area (Å²) in [6.07, 6.45) is 0.393. The first-order valence-corrected chi connectivity index (χ1v) is 8.80. The first-order chi connectivity index (χ1) is 11.6. The van der Waals surface area contributed by atoms with Gasteiger partial charge in [-0.25, -0.2) is 4.98 Å². The fourth-order valence-corrected chi connectivity index (χ4v) is 3.48. The molecule has 3 aromatic rings. The summed E-state index contributed by atoms with van der Waals surface area (Å²) in [6, 6.07) is 17.9. The van der Waals surface area contributed by atoms with Gasteiger partial charge in [-0.3, -0.25) is 9.69 Å². The molecule has 1 aromatic heterocycles. The molecule has 1 amide bonds. The molecule has 0 fully saturated rings.